The van der Waals surface area contributed by atoms with Gasteiger partial charge in [0.15, 0.2) is 0 Å². The van der Waals surface area contributed by atoms with Gasteiger partial charge in [-0.05, 0) is 54.8 Å². The summed E-state index contributed by atoms with van der Waals surface area (Å²) in [5.41, 5.74) is 0. The first-order chi connectivity index (χ1) is 9.58. The van der Waals surface area contributed by atoms with Crippen molar-refractivity contribution in [3.05, 3.63) is 28.7 Å². The Bertz CT molecular complexity index is 417. The molecule has 0 radical (unpaired) electrons. The number of rotatable bonds is 5. The number of aliphatic hydroxyl groups is 1. The Kier molecular flexibility index (Phi) is 5.87. The van der Waals surface area contributed by atoms with Crippen LogP contribution in [0.25, 0.3) is 0 Å². The summed E-state index contributed by atoms with van der Waals surface area (Å²) < 4.78 is 6.61. The maximum atomic E-state index is 10.2. The Morgan fingerprint density at radius 1 is 1.30 bits per heavy atom. The summed E-state index contributed by atoms with van der Waals surface area (Å²) in [5, 5.41) is 10.2. The van der Waals surface area contributed by atoms with E-state index in [1.54, 1.807) is 0 Å². The molecule has 0 aromatic heterocycles. The van der Waals surface area contributed by atoms with E-state index in [2.05, 4.69) is 34.7 Å². The van der Waals surface area contributed by atoms with E-state index in [0.29, 0.717) is 25.2 Å². The number of halogens is 1. The molecule has 3 nitrogen and oxygen atoms in total. The summed E-state index contributed by atoms with van der Waals surface area (Å²) in [5.74, 6) is 0.784. The second kappa shape index (κ2) is 7.43. The van der Waals surface area contributed by atoms with Crippen LogP contribution in [0.15, 0.2) is 28.7 Å². The van der Waals surface area contributed by atoms with Crippen LogP contribution in [-0.2, 0) is 0 Å². The largest absolute Gasteiger partial charge is 0.490 e. The van der Waals surface area contributed by atoms with E-state index in [0.717, 1.165) is 10.2 Å². The summed E-state index contributed by atoms with van der Waals surface area (Å²) in [6, 6.07) is 8.83. The number of ether oxygens (including phenoxy) is 1. The molecule has 1 fully saturated rings. The molecule has 0 saturated carbocycles. The third-order valence-corrected chi connectivity index (χ3v) is 4.72. The van der Waals surface area contributed by atoms with E-state index in [4.69, 9.17) is 4.74 Å². The molecule has 0 aliphatic carbocycles. The van der Waals surface area contributed by atoms with Crippen LogP contribution in [0, 0.1) is 0 Å². The van der Waals surface area contributed by atoms with Crippen LogP contribution in [0.1, 0.15) is 33.1 Å². The Morgan fingerprint density at radius 3 is 2.60 bits per heavy atom. The van der Waals surface area contributed by atoms with E-state index in [-0.39, 0.29) is 0 Å². The molecule has 1 aliphatic heterocycles. The van der Waals surface area contributed by atoms with E-state index >= 15 is 0 Å². The van der Waals surface area contributed by atoms with Gasteiger partial charge < -0.3 is 9.84 Å². The summed E-state index contributed by atoms with van der Waals surface area (Å²) in [6.45, 7) is 5.51. The molecule has 4 heteroatoms. The molecule has 0 amide bonds. The van der Waals surface area contributed by atoms with Gasteiger partial charge in [0, 0.05) is 18.6 Å². The van der Waals surface area contributed by atoms with Gasteiger partial charge in [-0.15, -0.1) is 0 Å². The molecule has 1 aromatic rings. The summed E-state index contributed by atoms with van der Waals surface area (Å²) in [4.78, 5) is 2.40. The first-order valence-corrected chi connectivity index (χ1v) is 8.18. The first kappa shape index (κ1) is 15.8. The van der Waals surface area contributed by atoms with Crippen LogP contribution in [0.5, 0.6) is 5.75 Å². The SMILES string of the molecule is C[C@@H]1CCC[C@@H](C)N1C[C@@H](O)COc1ccccc1Br. The van der Waals surface area contributed by atoms with Gasteiger partial charge >= 0.3 is 0 Å². The number of likely N-dealkylation sites (tertiary alicyclic amines) is 1. The number of benzene rings is 1. The van der Waals surface area contributed by atoms with Gasteiger partial charge in [-0.1, -0.05) is 18.6 Å². The average molecular weight is 342 g/mol. The van der Waals surface area contributed by atoms with Crippen LogP contribution in [0.4, 0.5) is 0 Å². The van der Waals surface area contributed by atoms with Crippen molar-refractivity contribution >= 4 is 15.9 Å². The van der Waals surface area contributed by atoms with Gasteiger partial charge in [0.1, 0.15) is 18.5 Å². The molecule has 0 unspecified atom stereocenters. The molecule has 2 rings (SSSR count). The molecule has 1 aromatic carbocycles. The van der Waals surface area contributed by atoms with Crippen molar-refractivity contribution in [3.63, 3.8) is 0 Å². The van der Waals surface area contributed by atoms with Crippen molar-refractivity contribution in [1.82, 2.24) is 4.90 Å². The van der Waals surface area contributed by atoms with Crippen LogP contribution < -0.4 is 4.74 Å². The number of nitrogens with zero attached hydrogens (tertiary/aromatic N) is 1. The van der Waals surface area contributed by atoms with E-state index in [9.17, 15) is 5.11 Å². The fraction of sp³-hybridized carbons (Fsp3) is 0.625. The molecule has 1 heterocycles. The molecular formula is C16H24BrNO2. The number of hydrogen-bond donors (Lipinski definition) is 1. The van der Waals surface area contributed by atoms with Gasteiger partial charge in [0.25, 0.3) is 0 Å². The van der Waals surface area contributed by atoms with Crippen LogP contribution >= 0.6 is 15.9 Å². The Labute approximate surface area is 130 Å². The fourth-order valence-corrected chi connectivity index (χ4v) is 3.28. The standard InChI is InChI=1S/C16H24BrNO2/c1-12-6-5-7-13(2)18(12)10-14(19)11-20-16-9-4-3-8-15(16)17/h3-4,8-9,12-14,19H,5-7,10-11H2,1-2H3/t12-,13-,14-/m1/s1. The normalized spacial score (nSPS) is 25.4. The summed E-state index contributed by atoms with van der Waals surface area (Å²) in [6.07, 6.45) is 3.29. The molecular weight excluding hydrogens is 318 g/mol. The third kappa shape index (κ3) is 4.21. The monoisotopic (exact) mass is 341 g/mol. The second-order valence-electron chi connectivity index (χ2n) is 5.72. The highest BCUT2D eigenvalue weighted by molar-refractivity contribution is 9.10. The zero-order chi connectivity index (χ0) is 14.5. The van der Waals surface area contributed by atoms with Crippen molar-refractivity contribution in [2.75, 3.05) is 13.2 Å². The van der Waals surface area contributed by atoms with Gasteiger partial charge in [0.05, 0.1) is 4.47 Å². The first-order valence-electron chi connectivity index (χ1n) is 7.39. The topological polar surface area (TPSA) is 32.7 Å². The van der Waals surface area contributed by atoms with Gasteiger partial charge in [-0.2, -0.15) is 0 Å². The van der Waals surface area contributed by atoms with Crippen LogP contribution in [0.2, 0.25) is 0 Å². The maximum Gasteiger partial charge on any atom is 0.133 e. The van der Waals surface area contributed by atoms with Crippen molar-refractivity contribution in [2.45, 2.75) is 51.3 Å². The lowest BCUT2D eigenvalue weighted by atomic mass is 9.97. The quantitative estimate of drug-likeness (QED) is 0.890. The van der Waals surface area contributed by atoms with Gasteiger partial charge in [0.2, 0.25) is 0 Å². The van der Waals surface area contributed by atoms with E-state index in [1.165, 1.54) is 19.3 Å². The van der Waals surface area contributed by atoms with Crippen molar-refractivity contribution in [2.24, 2.45) is 0 Å². The highest BCUT2D eigenvalue weighted by atomic mass is 79.9. The van der Waals surface area contributed by atoms with Crippen molar-refractivity contribution in [3.8, 4) is 5.75 Å². The fourth-order valence-electron chi connectivity index (χ4n) is 2.88. The molecule has 112 valence electrons. The number of hydrogen-bond acceptors (Lipinski definition) is 3. The predicted octanol–water partition coefficient (Wildman–Crippen LogP) is 3.45. The third-order valence-electron chi connectivity index (χ3n) is 4.07. The number of piperidine rings is 1. The molecule has 0 bridgehead atoms. The van der Waals surface area contributed by atoms with Gasteiger partial charge in [-0.3, -0.25) is 4.90 Å². The molecule has 3 atom stereocenters. The Balaban J connectivity index is 1.83. The summed E-state index contributed by atoms with van der Waals surface area (Å²) in [7, 11) is 0. The molecule has 1 aliphatic rings. The molecule has 1 saturated heterocycles. The predicted molar refractivity (Wildman–Crippen MR) is 85.1 cm³/mol. The summed E-state index contributed by atoms with van der Waals surface area (Å²) >= 11 is 3.45. The van der Waals surface area contributed by atoms with Crippen molar-refractivity contribution in [1.29, 1.82) is 0 Å². The lowest BCUT2D eigenvalue weighted by molar-refractivity contribution is 0.0207. The molecule has 20 heavy (non-hydrogen) atoms. The minimum Gasteiger partial charge on any atom is -0.490 e. The molecule has 1 N–H and O–H groups in total. The molecule has 0 spiro atoms. The van der Waals surface area contributed by atoms with E-state index < -0.39 is 6.10 Å². The zero-order valence-electron chi connectivity index (χ0n) is 12.3. The average Bonchev–Trinajstić information content (AvgIpc) is 2.42. The highest BCUT2D eigenvalue weighted by Crippen LogP contribution is 2.25. The van der Waals surface area contributed by atoms with Crippen LogP contribution in [0.3, 0.4) is 0 Å². The van der Waals surface area contributed by atoms with Crippen molar-refractivity contribution < 1.29 is 9.84 Å². The Morgan fingerprint density at radius 2 is 1.95 bits per heavy atom. The number of para-hydroxylation sites is 1. The maximum absolute atomic E-state index is 10.2. The number of aliphatic hydroxyl groups excluding tert-OH is 1. The van der Waals surface area contributed by atoms with Gasteiger partial charge in [-0.25, -0.2) is 0 Å². The zero-order valence-corrected chi connectivity index (χ0v) is 13.8. The minimum atomic E-state index is -0.454. The highest BCUT2D eigenvalue weighted by Gasteiger charge is 2.26. The second-order valence-corrected chi connectivity index (χ2v) is 6.58. The Hall–Kier alpha value is -0.580. The lowest BCUT2D eigenvalue weighted by Crippen LogP contribution is -2.48. The number of β-amino-alcohol motifs (C(OH)–C–C–N with tert-alkyl or cyclic N) is 1. The van der Waals surface area contributed by atoms with Crippen LogP contribution in [-0.4, -0.2) is 41.3 Å². The smallest absolute Gasteiger partial charge is 0.133 e. The van der Waals surface area contributed by atoms with E-state index in [1.807, 2.05) is 24.3 Å². The lowest BCUT2D eigenvalue weighted by Gasteiger charge is -2.40. The minimum absolute atomic E-state index is 0.332.